The third-order valence-corrected chi connectivity index (χ3v) is 2.35. The first-order chi connectivity index (χ1) is 5.04. The second kappa shape index (κ2) is 2.67. The quantitative estimate of drug-likeness (QED) is 0.655. The maximum absolute atomic E-state index is 10.6. The predicted octanol–water partition coefficient (Wildman–Crippen LogP) is 0.911. The molecule has 4 nitrogen and oxygen atoms in total. The molecule has 0 saturated carbocycles. The Bertz CT molecular complexity index is 368. The van der Waals surface area contributed by atoms with Crippen LogP contribution in [0.1, 0.15) is 0 Å². The highest BCUT2D eigenvalue weighted by molar-refractivity contribution is 8.13. The second-order valence-corrected chi connectivity index (χ2v) is 4.34. The topological polar surface area (TPSA) is 52.0 Å². The Hall–Kier alpha value is -0.810. The Morgan fingerprint density at radius 2 is 2.36 bits per heavy atom. The van der Waals surface area contributed by atoms with Gasteiger partial charge in [0, 0.05) is 23.1 Å². The summed E-state index contributed by atoms with van der Waals surface area (Å²) in [4.78, 5) is -0.0286. The summed E-state index contributed by atoms with van der Waals surface area (Å²) >= 11 is 0. The van der Waals surface area contributed by atoms with E-state index < -0.39 is 9.05 Å². The van der Waals surface area contributed by atoms with Crippen molar-refractivity contribution in [1.82, 2.24) is 9.78 Å². The molecule has 0 amide bonds. The molecule has 0 aromatic carbocycles. The van der Waals surface area contributed by atoms with Crippen LogP contribution in [0, 0.1) is 0 Å². The van der Waals surface area contributed by atoms with Crippen LogP contribution in [0.4, 0.5) is 0 Å². The largest absolute Gasteiger partial charge is 0.264 e. The van der Waals surface area contributed by atoms with Gasteiger partial charge in [-0.25, -0.2) is 13.1 Å². The summed E-state index contributed by atoms with van der Waals surface area (Å²) in [5, 5.41) is 3.64. The van der Waals surface area contributed by atoms with Crippen LogP contribution in [0.15, 0.2) is 23.9 Å². The van der Waals surface area contributed by atoms with Gasteiger partial charge in [-0.3, -0.25) is 0 Å². The molecule has 0 unspecified atom stereocenters. The minimum Gasteiger partial charge on any atom is -0.247 e. The highest BCUT2D eigenvalue weighted by Gasteiger charge is 2.11. The average Bonchev–Trinajstić information content (AvgIpc) is 2.32. The summed E-state index contributed by atoms with van der Waals surface area (Å²) in [6.45, 7) is 3.39. The molecule has 1 heterocycles. The Balaban J connectivity index is 3.18. The van der Waals surface area contributed by atoms with Gasteiger partial charge in [0.15, 0.2) is 0 Å². The van der Waals surface area contributed by atoms with Crippen molar-refractivity contribution in [2.75, 3.05) is 0 Å². The first-order valence-corrected chi connectivity index (χ1v) is 4.96. The monoisotopic (exact) mass is 192 g/mol. The maximum Gasteiger partial charge on any atom is 0.264 e. The van der Waals surface area contributed by atoms with E-state index in [1.165, 1.54) is 17.1 Å². The zero-order valence-electron chi connectivity index (χ0n) is 5.44. The van der Waals surface area contributed by atoms with Crippen molar-refractivity contribution in [1.29, 1.82) is 0 Å². The molecule has 1 rings (SSSR count). The van der Waals surface area contributed by atoms with E-state index in [-0.39, 0.29) is 4.90 Å². The lowest BCUT2D eigenvalue weighted by molar-refractivity contribution is 0.609. The van der Waals surface area contributed by atoms with Crippen molar-refractivity contribution < 1.29 is 8.42 Å². The number of halogens is 1. The molecule has 0 fully saturated rings. The van der Waals surface area contributed by atoms with Crippen molar-refractivity contribution in [3.05, 3.63) is 19.0 Å². The zero-order chi connectivity index (χ0) is 8.48. The summed E-state index contributed by atoms with van der Waals surface area (Å²) in [6.07, 6.45) is 3.80. The fourth-order valence-electron chi connectivity index (χ4n) is 0.546. The van der Waals surface area contributed by atoms with E-state index in [2.05, 4.69) is 11.7 Å². The van der Waals surface area contributed by atoms with Gasteiger partial charge >= 0.3 is 0 Å². The van der Waals surface area contributed by atoms with Gasteiger partial charge in [-0.15, -0.1) is 0 Å². The molecule has 6 heteroatoms. The molecule has 0 aliphatic rings. The molecular weight excluding hydrogens is 188 g/mol. The van der Waals surface area contributed by atoms with E-state index >= 15 is 0 Å². The van der Waals surface area contributed by atoms with E-state index in [9.17, 15) is 8.42 Å². The number of hydrogen-bond donors (Lipinski definition) is 0. The average molecular weight is 193 g/mol. The van der Waals surface area contributed by atoms with E-state index in [4.69, 9.17) is 10.7 Å². The van der Waals surface area contributed by atoms with Gasteiger partial charge < -0.3 is 0 Å². The number of hydrogen-bond acceptors (Lipinski definition) is 3. The zero-order valence-corrected chi connectivity index (χ0v) is 7.01. The summed E-state index contributed by atoms with van der Waals surface area (Å²) in [7, 11) is 1.36. The molecule has 0 saturated heterocycles. The molecule has 60 valence electrons. The van der Waals surface area contributed by atoms with Crippen LogP contribution in [-0.2, 0) is 9.05 Å². The molecule has 0 bridgehead atoms. The molecule has 11 heavy (non-hydrogen) atoms. The molecule has 1 aromatic rings. The fraction of sp³-hybridized carbons (Fsp3) is 0. The van der Waals surface area contributed by atoms with Gasteiger partial charge in [0.1, 0.15) is 4.90 Å². The first-order valence-electron chi connectivity index (χ1n) is 2.65. The van der Waals surface area contributed by atoms with E-state index in [0.29, 0.717) is 0 Å². The number of nitrogens with zero attached hydrogens (tertiary/aromatic N) is 2. The minimum absolute atomic E-state index is 0.0286. The van der Waals surface area contributed by atoms with Crippen LogP contribution in [0.2, 0.25) is 0 Å². The smallest absolute Gasteiger partial charge is 0.247 e. The predicted molar refractivity (Wildman–Crippen MR) is 41.7 cm³/mol. The molecular formula is C5H5ClN2O2S. The third kappa shape index (κ3) is 1.81. The van der Waals surface area contributed by atoms with Gasteiger partial charge in [-0.1, -0.05) is 6.58 Å². The molecule has 0 aliphatic heterocycles. The summed E-state index contributed by atoms with van der Waals surface area (Å²) in [5.74, 6) is 0. The van der Waals surface area contributed by atoms with Crippen LogP contribution >= 0.6 is 10.7 Å². The highest BCUT2D eigenvalue weighted by atomic mass is 35.7. The summed E-state index contributed by atoms with van der Waals surface area (Å²) in [5.41, 5.74) is 0. The van der Waals surface area contributed by atoms with Gasteiger partial charge in [0.2, 0.25) is 0 Å². The normalized spacial score (nSPS) is 11.4. The first kappa shape index (κ1) is 8.29. The van der Waals surface area contributed by atoms with Gasteiger partial charge in [-0.2, -0.15) is 5.10 Å². The lowest BCUT2D eigenvalue weighted by Gasteiger charge is -1.85. The lowest BCUT2D eigenvalue weighted by atomic mass is 10.7. The van der Waals surface area contributed by atoms with E-state index in [1.807, 2.05) is 0 Å². The molecule has 1 aromatic heterocycles. The molecule has 0 radical (unpaired) electrons. The maximum atomic E-state index is 10.6. The molecule has 0 aliphatic carbocycles. The minimum atomic E-state index is -3.65. The second-order valence-electron chi connectivity index (χ2n) is 1.78. The Morgan fingerprint density at radius 3 is 2.64 bits per heavy atom. The van der Waals surface area contributed by atoms with E-state index in [1.54, 1.807) is 0 Å². The Morgan fingerprint density at radius 1 is 1.73 bits per heavy atom. The van der Waals surface area contributed by atoms with Crippen LogP contribution in [0.5, 0.6) is 0 Å². The number of rotatable bonds is 2. The lowest BCUT2D eigenvalue weighted by Crippen LogP contribution is -1.86. The SMILES string of the molecule is C=Cn1cc(S(=O)(=O)Cl)cn1. The van der Waals surface area contributed by atoms with Gasteiger partial charge in [0.25, 0.3) is 9.05 Å². The number of aromatic nitrogens is 2. The van der Waals surface area contributed by atoms with Crippen molar-refractivity contribution in [3.63, 3.8) is 0 Å². The summed E-state index contributed by atoms with van der Waals surface area (Å²) < 4.78 is 22.5. The van der Waals surface area contributed by atoms with Gasteiger partial charge in [0.05, 0.1) is 6.20 Å². The summed E-state index contributed by atoms with van der Waals surface area (Å²) in [6, 6.07) is 0. The Kier molecular flexibility index (Phi) is 2.01. The van der Waals surface area contributed by atoms with Crippen molar-refractivity contribution in [2.45, 2.75) is 4.90 Å². The van der Waals surface area contributed by atoms with Crippen LogP contribution < -0.4 is 0 Å². The van der Waals surface area contributed by atoms with Crippen LogP contribution in [-0.4, -0.2) is 18.2 Å². The molecule has 0 spiro atoms. The van der Waals surface area contributed by atoms with Crippen molar-refractivity contribution in [3.8, 4) is 0 Å². The third-order valence-electron chi connectivity index (χ3n) is 1.05. The van der Waals surface area contributed by atoms with Crippen LogP contribution in [0.3, 0.4) is 0 Å². The molecule has 0 N–H and O–H groups in total. The Labute approximate surface area is 68.5 Å². The van der Waals surface area contributed by atoms with E-state index in [0.717, 1.165) is 6.20 Å². The van der Waals surface area contributed by atoms with Crippen molar-refractivity contribution in [2.24, 2.45) is 0 Å². The molecule has 0 atom stereocenters. The van der Waals surface area contributed by atoms with Crippen LogP contribution in [0.25, 0.3) is 6.20 Å². The standard InChI is InChI=1S/C5H5ClN2O2S/c1-2-8-4-5(3-7-8)11(6,9)10/h2-4H,1H2. The van der Waals surface area contributed by atoms with Crippen molar-refractivity contribution >= 4 is 25.9 Å². The highest BCUT2D eigenvalue weighted by Crippen LogP contribution is 2.12. The van der Waals surface area contributed by atoms with Gasteiger partial charge in [-0.05, 0) is 0 Å². The fourth-order valence-corrected chi connectivity index (χ4v) is 1.19.